The van der Waals surface area contributed by atoms with Crippen molar-refractivity contribution in [3.05, 3.63) is 77.9 Å². The number of allylic oxidation sites excluding steroid dienone is 5. The molecule has 0 saturated heterocycles. The van der Waals surface area contributed by atoms with Gasteiger partial charge in [-0.3, -0.25) is 0 Å². The van der Waals surface area contributed by atoms with Gasteiger partial charge in [0.25, 0.3) is 0 Å². The van der Waals surface area contributed by atoms with E-state index in [4.69, 9.17) is 9.47 Å². The lowest BCUT2D eigenvalue weighted by Crippen LogP contribution is -2.05. The summed E-state index contributed by atoms with van der Waals surface area (Å²) in [6.07, 6.45) is 13.7. The summed E-state index contributed by atoms with van der Waals surface area (Å²) in [5.74, 6) is 0.545. The first-order valence-electron chi connectivity index (χ1n) is 10.0. The van der Waals surface area contributed by atoms with Gasteiger partial charge in [0.1, 0.15) is 18.1 Å². The summed E-state index contributed by atoms with van der Waals surface area (Å²) in [6.45, 7) is 16.2. The van der Waals surface area contributed by atoms with Crippen molar-refractivity contribution in [2.45, 2.75) is 53.4 Å². The zero-order valence-electron chi connectivity index (χ0n) is 18.3. The van der Waals surface area contributed by atoms with Crippen molar-refractivity contribution in [1.29, 1.82) is 0 Å². The van der Waals surface area contributed by atoms with E-state index >= 15 is 0 Å². The van der Waals surface area contributed by atoms with E-state index in [-0.39, 0.29) is 0 Å². The monoisotopic (exact) mass is 394 g/mol. The molecule has 0 aliphatic rings. The Labute approximate surface area is 176 Å². The van der Waals surface area contributed by atoms with Crippen LogP contribution in [0.2, 0.25) is 0 Å². The summed E-state index contributed by atoms with van der Waals surface area (Å²) in [5.41, 5.74) is 4.84. The lowest BCUT2D eigenvalue weighted by molar-refractivity contribution is -0.128. The number of rotatable bonds is 12. The number of hydrogen-bond donors (Lipinski definition) is 0. The summed E-state index contributed by atoms with van der Waals surface area (Å²) >= 11 is 0. The summed E-state index contributed by atoms with van der Waals surface area (Å²) in [6, 6.07) is 5.34. The fourth-order valence-electron chi connectivity index (χ4n) is 2.63. The third kappa shape index (κ3) is 10.3. The molecule has 0 unspecified atom stereocenters. The quantitative estimate of drug-likeness (QED) is 0.162. The molecule has 1 aromatic carbocycles. The molecule has 0 bridgehead atoms. The second-order valence-corrected chi connectivity index (χ2v) is 7.30. The van der Waals surface area contributed by atoms with E-state index in [9.17, 15) is 4.79 Å². The van der Waals surface area contributed by atoms with Gasteiger partial charge in [-0.15, -0.1) is 0 Å². The van der Waals surface area contributed by atoms with Crippen LogP contribution in [-0.2, 0) is 4.79 Å². The normalized spacial score (nSPS) is 11.6. The highest BCUT2D eigenvalue weighted by molar-refractivity contribution is 5.84. The van der Waals surface area contributed by atoms with Gasteiger partial charge in [-0.05, 0) is 71.6 Å². The molecule has 1 rings (SSSR count). The average Bonchev–Trinajstić information content (AvgIpc) is 2.67. The predicted molar refractivity (Wildman–Crippen MR) is 123 cm³/mol. The molecule has 156 valence electrons. The SMILES string of the molecule is C=CC(=O)Oc1cc(OC/C=C(\C)CC/C=C(\C)CCC=C(C)C)ccc1C=C. The van der Waals surface area contributed by atoms with Crippen LogP contribution in [0.4, 0.5) is 0 Å². The Morgan fingerprint density at radius 3 is 2.24 bits per heavy atom. The van der Waals surface area contributed by atoms with E-state index in [1.165, 1.54) is 16.7 Å². The zero-order chi connectivity index (χ0) is 21.6. The first-order chi connectivity index (χ1) is 13.8. The van der Waals surface area contributed by atoms with Gasteiger partial charge >= 0.3 is 5.97 Å². The van der Waals surface area contributed by atoms with E-state index < -0.39 is 5.97 Å². The predicted octanol–water partition coefficient (Wildman–Crippen LogP) is 7.22. The van der Waals surface area contributed by atoms with E-state index in [1.807, 2.05) is 12.1 Å². The summed E-state index contributed by atoms with van der Waals surface area (Å²) in [7, 11) is 0. The Kier molecular flexibility index (Phi) is 11.2. The molecule has 0 heterocycles. The second kappa shape index (κ2) is 13.4. The zero-order valence-corrected chi connectivity index (χ0v) is 18.3. The number of benzene rings is 1. The Balaban J connectivity index is 2.52. The second-order valence-electron chi connectivity index (χ2n) is 7.30. The van der Waals surface area contributed by atoms with Crippen LogP contribution in [0, 0.1) is 0 Å². The van der Waals surface area contributed by atoms with Gasteiger partial charge in [0, 0.05) is 17.7 Å². The fourth-order valence-corrected chi connectivity index (χ4v) is 2.63. The van der Waals surface area contributed by atoms with Crippen LogP contribution in [0.15, 0.2) is 72.4 Å². The molecule has 0 spiro atoms. The van der Waals surface area contributed by atoms with Gasteiger partial charge in [-0.2, -0.15) is 0 Å². The number of esters is 1. The van der Waals surface area contributed by atoms with Crippen LogP contribution < -0.4 is 9.47 Å². The van der Waals surface area contributed by atoms with Crippen LogP contribution in [0.5, 0.6) is 11.5 Å². The first kappa shape index (κ1) is 24.2. The highest BCUT2D eigenvalue weighted by Gasteiger charge is 2.07. The summed E-state index contributed by atoms with van der Waals surface area (Å²) in [4.78, 5) is 11.5. The lowest BCUT2D eigenvalue weighted by atomic mass is 10.1. The van der Waals surface area contributed by atoms with Crippen molar-refractivity contribution >= 4 is 12.0 Å². The maximum atomic E-state index is 11.5. The highest BCUT2D eigenvalue weighted by Crippen LogP contribution is 2.26. The van der Waals surface area contributed by atoms with E-state index in [0.29, 0.717) is 18.1 Å². The van der Waals surface area contributed by atoms with Gasteiger partial charge in [0.05, 0.1) is 0 Å². The molecular formula is C26H34O3. The highest BCUT2D eigenvalue weighted by atomic mass is 16.5. The van der Waals surface area contributed by atoms with Gasteiger partial charge in [-0.1, -0.05) is 48.1 Å². The van der Waals surface area contributed by atoms with Gasteiger partial charge in [0.2, 0.25) is 0 Å². The van der Waals surface area contributed by atoms with Crippen LogP contribution in [0.3, 0.4) is 0 Å². The minimum Gasteiger partial charge on any atom is -0.489 e. The molecule has 0 saturated carbocycles. The molecule has 0 atom stereocenters. The van der Waals surface area contributed by atoms with Crippen LogP contribution in [0.25, 0.3) is 6.08 Å². The standard InChI is InChI=1S/C26H34O3/c1-7-23-15-16-24(19-25(23)29-26(27)8-2)28-18-17-22(6)14-10-13-21(5)12-9-11-20(3)4/h7-8,11,13,15-17,19H,1-2,9-10,12,14,18H2,3-6H3/b21-13+,22-17+. The van der Waals surface area contributed by atoms with Crippen molar-refractivity contribution in [1.82, 2.24) is 0 Å². The third-order valence-electron chi connectivity index (χ3n) is 4.39. The summed E-state index contributed by atoms with van der Waals surface area (Å²) in [5, 5.41) is 0. The van der Waals surface area contributed by atoms with Crippen LogP contribution in [0.1, 0.15) is 58.9 Å². The molecule has 1 aromatic rings. The Morgan fingerprint density at radius 1 is 0.966 bits per heavy atom. The first-order valence-corrected chi connectivity index (χ1v) is 10.0. The molecule has 0 radical (unpaired) electrons. The average molecular weight is 395 g/mol. The number of carbonyl (C=O) groups is 1. The number of hydrogen-bond acceptors (Lipinski definition) is 3. The molecule has 29 heavy (non-hydrogen) atoms. The third-order valence-corrected chi connectivity index (χ3v) is 4.39. The Hall–Kier alpha value is -2.81. The van der Waals surface area contributed by atoms with E-state index in [1.54, 1.807) is 12.1 Å². The minimum atomic E-state index is -0.509. The Bertz CT molecular complexity index is 790. The van der Waals surface area contributed by atoms with Crippen molar-refractivity contribution in [2.24, 2.45) is 0 Å². The Morgan fingerprint density at radius 2 is 1.62 bits per heavy atom. The largest absolute Gasteiger partial charge is 0.489 e. The van der Waals surface area contributed by atoms with Crippen molar-refractivity contribution in [3.8, 4) is 11.5 Å². The van der Waals surface area contributed by atoms with Crippen molar-refractivity contribution < 1.29 is 14.3 Å². The van der Waals surface area contributed by atoms with Crippen LogP contribution >= 0.6 is 0 Å². The minimum absolute atomic E-state index is 0.414. The van der Waals surface area contributed by atoms with Gasteiger partial charge in [-0.25, -0.2) is 4.79 Å². The number of ether oxygens (including phenoxy) is 2. The molecular weight excluding hydrogens is 360 g/mol. The van der Waals surface area contributed by atoms with Crippen LogP contribution in [-0.4, -0.2) is 12.6 Å². The fraction of sp³-hybridized carbons (Fsp3) is 0.346. The lowest BCUT2D eigenvalue weighted by Gasteiger charge is -2.09. The molecule has 3 nitrogen and oxygen atoms in total. The van der Waals surface area contributed by atoms with Gasteiger partial charge in [0.15, 0.2) is 0 Å². The molecule has 0 aliphatic carbocycles. The summed E-state index contributed by atoms with van der Waals surface area (Å²) < 4.78 is 11.0. The number of carbonyl (C=O) groups excluding carboxylic acids is 1. The maximum Gasteiger partial charge on any atom is 0.335 e. The molecule has 0 N–H and O–H groups in total. The van der Waals surface area contributed by atoms with Gasteiger partial charge < -0.3 is 9.47 Å². The van der Waals surface area contributed by atoms with E-state index in [2.05, 4.69) is 59.1 Å². The molecule has 0 aliphatic heterocycles. The molecule has 0 fully saturated rings. The van der Waals surface area contributed by atoms with E-state index in [0.717, 1.165) is 37.3 Å². The van der Waals surface area contributed by atoms with Crippen molar-refractivity contribution in [3.63, 3.8) is 0 Å². The molecule has 0 aromatic heterocycles. The molecule has 3 heteroatoms. The molecule has 0 amide bonds. The smallest absolute Gasteiger partial charge is 0.335 e. The topological polar surface area (TPSA) is 35.5 Å². The maximum absolute atomic E-state index is 11.5. The van der Waals surface area contributed by atoms with Crippen molar-refractivity contribution in [2.75, 3.05) is 6.61 Å².